The molecule has 1 amide bonds. The van der Waals surface area contributed by atoms with Gasteiger partial charge in [-0.1, -0.05) is 0 Å². The molecule has 2 N–H and O–H groups in total. The van der Waals surface area contributed by atoms with Crippen LogP contribution in [0.15, 0.2) is 16.8 Å². The van der Waals surface area contributed by atoms with Crippen molar-refractivity contribution in [2.45, 2.75) is 0 Å². The van der Waals surface area contributed by atoms with Crippen LogP contribution in [0.2, 0.25) is 0 Å². The third kappa shape index (κ3) is 2.69. The van der Waals surface area contributed by atoms with Crippen molar-refractivity contribution in [1.29, 1.82) is 0 Å². The molecule has 0 atom stereocenters. The lowest BCUT2D eigenvalue weighted by Crippen LogP contribution is -2.24. The van der Waals surface area contributed by atoms with E-state index in [0.29, 0.717) is 6.54 Å². The van der Waals surface area contributed by atoms with Gasteiger partial charge in [-0.2, -0.15) is 11.3 Å². The summed E-state index contributed by atoms with van der Waals surface area (Å²) in [6, 6.07) is 1.87. The summed E-state index contributed by atoms with van der Waals surface area (Å²) in [5, 5.41) is 9.33. The number of rotatable bonds is 3. The van der Waals surface area contributed by atoms with Gasteiger partial charge in [-0.05, 0) is 18.5 Å². The Labute approximate surface area is 69.4 Å². The molecule has 0 unspecified atom stereocenters. The molecule has 0 radical (unpaired) electrons. The predicted octanol–water partition coefficient (Wildman–Crippen LogP) is 0.906. The van der Waals surface area contributed by atoms with Crippen LogP contribution in [0.4, 0.5) is 5.69 Å². The number of hydrogen-bond acceptors (Lipinski definition) is 3. The number of thiophene rings is 1. The molecule has 4 heteroatoms. The van der Waals surface area contributed by atoms with Gasteiger partial charge < -0.3 is 10.6 Å². The molecule has 0 spiro atoms. The Morgan fingerprint density at radius 2 is 2.55 bits per heavy atom. The van der Waals surface area contributed by atoms with E-state index in [1.165, 1.54) is 0 Å². The molecule has 1 rings (SSSR count). The van der Waals surface area contributed by atoms with Crippen LogP contribution in [0.5, 0.6) is 0 Å². The first-order chi connectivity index (χ1) is 5.33. The summed E-state index contributed by atoms with van der Waals surface area (Å²) in [4.78, 5) is 10.9. The highest BCUT2D eigenvalue weighted by Gasteiger charge is 1.98. The van der Waals surface area contributed by atoms with Crippen molar-refractivity contribution in [3.05, 3.63) is 16.8 Å². The summed E-state index contributed by atoms with van der Waals surface area (Å²) in [5.41, 5.74) is 0.871. The highest BCUT2D eigenvalue weighted by Crippen LogP contribution is 2.10. The zero-order valence-corrected chi connectivity index (χ0v) is 7.07. The van der Waals surface area contributed by atoms with Gasteiger partial charge in [0.25, 0.3) is 0 Å². The normalized spacial score (nSPS) is 9.55. The van der Waals surface area contributed by atoms with Crippen molar-refractivity contribution < 1.29 is 4.79 Å². The van der Waals surface area contributed by atoms with Gasteiger partial charge in [-0.25, -0.2) is 0 Å². The Morgan fingerprint density at radius 3 is 3.09 bits per heavy atom. The van der Waals surface area contributed by atoms with Crippen LogP contribution in [-0.2, 0) is 4.79 Å². The van der Waals surface area contributed by atoms with Crippen LogP contribution in [-0.4, -0.2) is 19.5 Å². The second-order valence-electron chi connectivity index (χ2n) is 2.09. The quantitative estimate of drug-likeness (QED) is 0.707. The van der Waals surface area contributed by atoms with Gasteiger partial charge in [0, 0.05) is 5.38 Å². The fraction of sp³-hybridized carbons (Fsp3) is 0.286. The second kappa shape index (κ2) is 4.10. The lowest BCUT2D eigenvalue weighted by atomic mass is 10.5. The highest BCUT2D eigenvalue weighted by molar-refractivity contribution is 7.08. The zero-order chi connectivity index (χ0) is 8.10. The molecule has 1 heterocycles. The van der Waals surface area contributed by atoms with Gasteiger partial charge in [-0.15, -0.1) is 0 Å². The van der Waals surface area contributed by atoms with Crippen molar-refractivity contribution >= 4 is 22.9 Å². The average molecular weight is 170 g/mol. The van der Waals surface area contributed by atoms with Crippen molar-refractivity contribution in [2.75, 3.05) is 18.9 Å². The maximum atomic E-state index is 10.9. The van der Waals surface area contributed by atoms with E-state index in [2.05, 4.69) is 10.6 Å². The Bertz CT molecular complexity index is 220. The van der Waals surface area contributed by atoms with E-state index in [-0.39, 0.29) is 5.91 Å². The minimum Gasteiger partial charge on any atom is -0.324 e. The number of anilines is 1. The predicted molar refractivity (Wildman–Crippen MR) is 46.9 cm³/mol. The first kappa shape index (κ1) is 8.23. The Kier molecular flexibility index (Phi) is 3.07. The molecule has 1 aromatic heterocycles. The summed E-state index contributed by atoms with van der Waals surface area (Å²) in [6.07, 6.45) is 0. The topological polar surface area (TPSA) is 41.1 Å². The van der Waals surface area contributed by atoms with E-state index >= 15 is 0 Å². The molecule has 0 aliphatic carbocycles. The van der Waals surface area contributed by atoms with Gasteiger partial charge in [-0.3, -0.25) is 4.79 Å². The van der Waals surface area contributed by atoms with Crippen LogP contribution in [0.3, 0.4) is 0 Å². The van der Waals surface area contributed by atoms with Crippen LogP contribution in [0, 0.1) is 0 Å². The van der Waals surface area contributed by atoms with Crippen molar-refractivity contribution in [1.82, 2.24) is 5.32 Å². The standard InChI is InChI=1S/C7H10N2OS/c1-8-4-7(10)9-6-2-3-11-5-6/h2-3,5,8H,4H2,1H3,(H,9,10). The first-order valence-corrected chi connectivity index (χ1v) is 4.24. The van der Waals surface area contributed by atoms with E-state index < -0.39 is 0 Å². The van der Waals surface area contributed by atoms with E-state index in [0.717, 1.165) is 5.69 Å². The third-order valence-electron chi connectivity index (χ3n) is 1.14. The lowest BCUT2D eigenvalue weighted by Gasteiger charge is -1.99. The minimum absolute atomic E-state index is 0.00843. The Hall–Kier alpha value is -0.870. The number of likely N-dealkylation sites (N-methyl/N-ethyl adjacent to an activating group) is 1. The van der Waals surface area contributed by atoms with Gasteiger partial charge >= 0.3 is 0 Å². The monoisotopic (exact) mass is 170 g/mol. The summed E-state index contributed by atoms with van der Waals surface area (Å²) in [6.45, 7) is 0.357. The molecule has 0 saturated carbocycles. The van der Waals surface area contributed by atoms with Gasteiger partial charge in [0.05, 0.1) is 12.2 Å². The van der Waals surface area contributed by atoms with E-state index in [1.807, 2.05) is 16.8 Å². The fourth-order valence-corrected chi connectivity index (χ4v) is 1.29. The average Bonchev–Trinajstić information content (AvgIpc) is 2.40. The van der Waals surface area contributed by atoms with Crippen LogP contribution in [0.25, 0.3) is 0 Å². The molecule has 11 heavy (non-hydrogen) atoms. The van der Waals surface area contributed by atoms with Crippen LogP contribution in [0.1, 0.15) is 0 Å². The van der Waals surface area contributed by atoms with Gasteiger partial charge in [0.15, 0.2) is 0 Å². The molecule has 0 fully saturated rings. The van der Waals surface area contributed by atoms with E-state index in [9.17, 15) is 4.79 Å². The molecule has 0 saturated heterocycles. The molecule has 3 nitrogen and oxygen atoms in total. The van der Waals surface area contributed by atoms with Crippen molar-refractivity contribution in [2.24, 2.45) is 0 Å². The maximum absolute atomic E-state index is 10.9. The highest BCUT2D eigenvalue weighted by atomic mass is 32.1. The van der Waals surface area contributed by atoms with Crippen LogP contribution < -0.4 is 10.6 Å². The second-order valence-corrected chi connectivity index (χ2v) is 2.87. The van der Waals surface area contributed by atoms with Crippen LogP contribution >= 0.6 is 11.3 Å². The summed E-state index contributed by atoms with van der Waals surface area (Å²) >= 11 is 1.56. The summed E-state index contributed by atoms with van der Waals surface area (Å²) < 4.78 is 0. The maximum Gasteiger partial charge on any atom is 0.238 e. The number of nitrogens with one attached hydrogen (secondary N) is 2. The number of hydrogen-bond donors (Lipinski definition) is 2. The Morgan fingerprint density at radius 1 is 1.73 bits per heavy atom. The van der Waals surface area contributed by atoms with E-state index in [4.69, 9.17) is 0 Å². The number of carbonyl (C=O) groups is 1. The number of amides is 1. The number of carbonyl (C=O) groups excluding carboxylic acids is 1. The van der Waals surface area contributed by atoms with Gasteiger partial charge in [0.1, 0.15) is 0 Å². The Balaban J connectivity index is 2.37. The molecule has 60 valence electrons. The van der Waals surface area contributed by atoms with E-state index in [1.54, 1.807) is 18.4 Å². The lowest BCUT2D eigenvalue weighted by molar-refractivity contribution is -0.115. The first-order valence-electron chi connectivity index (χ1n) is 3.29. The smallest absolute Gasteiger partial charge is 0.238 e. The van der Waals surface area contributed by atoms with Crippen molar-refractivity contribution in [3.8, 4) is 0 Å². The summed E-state index contributed by atoms with van der Waals surface area (Å²) in [7, 11) is 1.74. The third-order valence-corrected chi connectivity index (χ3v) is 1.83. The molecule has 0 aliphatic rings. The molecule has 0 aliphatic heterocycles. The zero-order valence-electron chi connectivity index (χ0n) is 6.26. The SMILES string of the molecule is CNCC(=O)Nc1ccsc1. The molecule has 0 aromatic carbocycles. The molecular formula is C7H10N2OS. The minimum atomic E-state index is -0.00843. The molecular weight excluding hydrogens is 160 g/mol. The van der Waals surface area contributed by atoms with Crippen molar-refractivity contribution in [3.63, 3.8) is 0 Å². The molecule has 1 aromatic rings. The van der Waals surface area contributed by atoms with Gasteiger partial charge in [0.2, 0.25) is 5.91 Å². The largest absolute Gasteiger partial charge is 0.324 e. The fourth-order valence-electron chi connectivity index (χ4n) is 0.701. The molecule has 0 bridgehead atoms. The summed E-state index contributed by atoms with van der Waals surface area (Å²) in [5.74, 6) is -0.00843.